The summed E-state index contributed by atoms with van der Waals surface area (Å²) in [5.74, 6) is 1.47. The first kappa shape index (κ1) is 11.9. The van der Waals surface area contributed by atoms with E-state index in [-0.39, 0.29) is 6.10 Å². The first-order chi connectivity index (χ1) is 8.22. The highest BCUT2D eigenvalue weighted by molar-refractivity contribution is 5.37. The van der Waals surface area contributed by atoms with Crippen molar-refractivity contribution >= 4 is 5.95 Å². The summed E-state index contributed by atoms with van der Waals surface area (Å²) in [6.07, 6.45) is 1.45. The number of aliphatic hydroxyl groups excluding tert-OH is 1. The summed E-state index contributed by atoms with van der Waals surface area (Å²) in [6.45, 7) is 1.39. The van der Waals surface area contributed by atoms with Crippen LogP contribution in [0.15, 0.2) is 6.07 Å². The number of piperidine rings is 1. The zero-order valence-electron chi connectivity index (χ0n) is 10.1. The topological polar surface area (TPSA) is 67.7 Å². The van der Waals surface area contributed by atoms with E-state index in [0.29, 0.717) is 24.3 Å². The van der Waals surface area contributed by atoms with Crippen molar-refractivity contribution in [1.82, 2.24) is 9.97 Å². The Hall–Kier alpha value is -1.56. The predicted molar refractivity (Wildman–Crippen MR) is 62.6 cm³/mol. The lowest BCUT2D eigenvalue weighted by molar-refractivity contribution is 0.153. The van der Waals surface area contributed by atoms with Crippen LogP contribution in [0.2, 0.25) is 0 Å². The molecule has 17 heavy (non-hydrogen) atoms. The molecule has 1 saturated heterocycles. The van der Waals surface area contributed by atoms with E-state index >= 15 is 0 Å². The fourth-order valence-corrected chi connectivity index (χ4v) is 1.88. The zero-order chi connectivity index (χ0) is 12.3. The maximum atomic E-state index is 9.63. The Bertz CT molecular complexity index is 364. The number of aliphatic hydroxyl groups is 1. The number of hydrogen-bond donors (Lipinski definition) is 1. The summed E-state index contributed by atoms with van der Waals surface area (Å²) in [5, 5.41) is 9.63. The second kappa shape index (κ2) is 5.18. The third-order valence-electron chi connectivity index (χ3n) is 2.76. The van der Waals surface area contributed by atoms with Crippen LogP contribution in [0.4, 0.5) is 5.95 Å². The van der Waals surface area contributed by atoms with Crippen LogP contribution in [-0.4, -0.2) is 48.5 Å². The van der Waals surface area contributed by atoms with Crippen molar-refractivity contribution in [1.29, 1.82) is 0 Å². The Morgan fingerprint density at radius 3 is 2.47 bits per heavy atom. The van der Waals surface area contributed by atoms with Gasteiger partial charge in [0.2, 0.25) is 17.7 Å². The van der Waals surface area contributed by atoms with Gasteiger partial charge in [-0.15, -0.1) is 0 Å². The fourth-order valence-electron chi connectivity index (χ4n) is 1.88. The maximum Gasteiger partial charge on any atom is 0.232 e. The normalized spacial score (nSPS) is 20.2. The summed E-state index contributed by atoms with van der Waals surface area (Å²) in [6, 6.07) is 1.63. The van der Waals surface area contributed by atoms with E-state index in [4.69, 9.17) is 9.47 Å². The first-order valence-corrected chi connectivity index (χ1v) is 5.63. The minimum absolute atomic E-state index is 0.315. The van der Waals surface area contributed by atoms with Crippen molar-refractivity contribution in [3.63, 3.8) is 0 Å². The standard InChI is InChI=1S/C11H17N3O3/c1-16-9-6-10(17-2)13-11(12-9)14-5-3-4-8(15)7-14/h6,8,15H,3-5,7H2,1-2H3/t8-/m0/s1. The van der Waals surface area contributed by atoms with Crippen LogP contribution in [0, 0.1) is 0 Å². The fraction of sp³-hybridized carbons (Fsp3) is 0.636. The van der Waals surface area contributed by atoms with Gasteiger partial charge in [0, 0.05) is 13.1 Å². The van der Waals surface area contributed by atoms with Gasteiger partial charge in [0.15, 0.2) is 0 Å². The molecule has 0 radical (unpaired) electrons. The molecule has 6 nitrogen and oxygen atoms in total. The van der Waals surface area contributed by atoms with E-state index in [1.165, 1.54) is 0 Å². The van der Waals surface area contributed by atoms with Gasteiger partial charge in [0.1, 0.15) is 0 Å². The van der Waals surface area contributed by atoms with Crippen molar-refractivity contribution in [3.8, 4) is 11.8 Å². The molecule has 0 bridgehead atoms. The summed E-state index contributed by atoms with van der Waals surface area (Å²) >= 11 is 0. The summed E-state index contributed by atoms with van der Waals surface area (Å²) in [5.41, 5.74) is 0. The molecule has 2 heterocycles. The lowest BCUT2D eigenvalue weighted by Gasteiger charge is -2.30. The number of rotatable bonds is 3. The van der Waals surface area contributed by atoms with E-state index in [2.05, 4.69) is 9.97 Å². The average molecular weight is 239 g/mol. The van der Waals surface area contributed by atoms with Gasteiger partial charge in [0.25, 0.3) is 0 Å². The third kappa shape index (κ3) is 2.76. The highest BCUT2D eigenvalue weighted by Crippen LogP contribution is 2.22. The summed E-state index contributed by atoms with van der Waals surface area (Å²) in [4.78, 5) is 10.5. The van der Waals surface area contributed by atoms with Gasteiger partial charge in [-0.05, 0) is 12.8 Å². The van der Waals surface area contributed by atoms with E-state index in [1.807, 2.05) is 4.90 Å². The molecule has 1 aromatic heterocycles. The quantitative estimate of drug-likeness (QED) is 0.826. The lowest BCUT2D eigenvalue weighted by atomic mass is 10.1. The Balaban J connectivity index is 2.23. The number of β-amino-alcohol motifs (C(OH)–C–C–N with tert-alkyl or cyclic N) is 1. The minimum atomic E-state index is -0.315. The first-order valence-electron chi connectivity index (χ1n) is 5.63. The van der Waals surface area contributed by atoms with Crippen LogP contribution in [0.25, 0.3) is 0 Å². The molecule has 1 aliphatic heterocycles. The zero-order valence-corrected chi connectivity index (χ0v) is 10.1. The van der Waals surface area contributed by atoms with E-state index in [0.717, 1.165) is 19.4 Å². The van der Waals surface area contributed by atoms with Crippen LogP contribution >= 0.6 is 0 Å². The molecule has 0 aliphatic carbocycles. The molecule has 0 saturated carbocycles. The molecular formula is C11H17N3O3. The van der Waals surface area contributed by atoms with E-state index in [1.54, 1.807) is 20.3 Å². The molecule has 94 valence electrons. The summed E-state index contributed by atoms with van der Waals surface area (Å²) < 4.78 is 10.2. The molecule has 0 unspecified atom stereocenters. The molecule has 1 fully saturated rings. The van der Waals surface area contributed by atoms with Gasteiger partial charge in [-0.25, -0.2) is 0 Å². The molecule has 1 aromatic rings. The molecule has 1 aliphatic rings. The molecule has 1 N–H and O–H groups in total. The van der Waals surface area contributed by atoms with Gasteiger partial charge < -0.3 is 19.5 Å². The van der Waals surface area contributed by atoms with Crippen molar-refractivity contribution < 1.29 is 14.6 Å². The Morgan fingerprint density at radius 2 is 1.94 bits per heavy atom. The SMILES string of the molecule is COc1cc(OC)nc(N2CCC[C@H](O)C2)n1. The average Bonchev–Trinajstić information content (AvgIpc) is 2.38. The van der Waals surface area contributed by atoms with Crippen molar-refractivity contribution in [2.45, 2.75) is 18.9 Å². The lowest BCUT2D eigenvalue weighted by Crippen LogP contribution is -2.39. The van der Waals surface area contributed by atoms with E-state index in [9.17, 15) is 5.11 Å². The number of hydrogen-bond acceptors (Lipinski definition) is 6. The van der Waals surface area contributed by atoms with Gasteiger partial charge in [0.05, 0.1) is 26.4 Å². The molecule has 0 spiro atoms. The van der Waals surface area contributed by atoms with Crippen molar-refractivity contribution in [2.24, 2.45) is 0 Å². The molecule has 0 amide bonds. The second-order valence-electron chi connectivity index (χ2n) is 3.99. The van der Waals surface area contributed by atoms with Crippen LogP contribution < -0.4 is 14.4 Å². The predicted octanol–water partition coefficient (Wildman–Crippen LogP) is 0.455. The number of anilines is 1. The number of ether oxygens (including phenoxy) is 2. The minimum Gasteiger partial charge on any atom is -0.481 e. The van der Waals surface area contributed by atoms with Crippen LogP contribution in [0.5, 0.6) is 11.8 Å². The number of aromatic nitrogens is 2. The molecular weight excluding hydrogens is 222 g/mol. The number of nitrogens with zero attached hydrogens (tertiary/aromatic N) is 3. The van der Waals surface area contributed by atoms with Crippen LogP contribution in [0.1, 0.15) is 12.8 Å². The Morgan fingerprint density at radius 1 is 1.29 bits per heavy atom. The maximum absolute atomic E-state index is 9.63. The van der Waals surface area contributed by atoms with Gasteiger partial charge >= 0.3 is 0 Å². The largest absolute Gasteiger partial charge is 0.481 e. The Kier molecular flexibility index (Phi) is 3.63. The molecule has 0 aromatic carbocycles. The molecule has 6 heteroatoms. The highest BCUT2D eigenvalue weighted by atomic mass is 16.5. The third-order valence-corrected chi connectivity index (χ3v) is 2.76. The van der Waals surface area contributed by atoms with Crippen molar-refractivity contribution in [3.05, 3.63) is 6.07 Å². The van der Waals surface area contributed by atoms with Crippen LogP contribution in [-0.2, 0) is 0 Å². The molecule has 2 rings (SSSR count). The van der Waals surface area contributed by atoms with Crippen LogP contribution in [0.3, 0.4) is 0 Å². The smallest absolute Gasteiger partial charge is 0.232 e. The van der Waals surface area contributed by atoms with Gasteiger partial charge in [-0.3, -0.25) is 0 Å². The second-order valence-corrected chi connectivity index (χ2v) is 3.99. The van der Waals surface area contributed by atoms with Gasteiger partial charge in [-0.1, -0.05) is 0 Å². The summed E-state index contributed by atoms with van der Waals surface area (Å²) in [7, 11) is 3.10. The Labute approximate surface area is 100 Å². The van der Waals surface area contributed by atoms with Gasteiger partial charge in [-0.2, -0.15) is 9.97 Å². The monoisotopic (exact) mass is 239 g/mol. The van der Waals surface area contributed by atoms with Crippen molar-refractivity contribution in [2.75, 3.05) is 32.2 Å². The molecule has 1 atom stereocenters. The highest BCUT2D eigenvalue weighted by Gasteiger charge is 2.21. The number of methoxy groups -OCH3 is 2. The van der Waals surface area contributed by atoms with E-state index < -0.39 is 0 Å².